The van der Waals surface area contributed by atoms with Crippen LogP contribution in [0.25, 0.3) is 0 Å². The van der Waals surface area contributed by atoms with Crippen molar-refractivity contribution in [3.63, 3.8) is 0 Å². The number of unbranched alkanes of at least 4 members (excludes halogenated alkanes) is 1. The molecular weight excluding hydrogens is 344 g/mol. The molecule has 0 saturated carbocycles. The third-order valence-electron chi connectivity index (χ3n) is 4.89. The van der Waals surface area contributed by atoms with E-state index in [9.17, 15) is 14.4 Å². The molecule has 7 nitrogen and oxygen atoms in total. The van der Waals surface area contributed by atoms with Crippen LogP contribution in [0.15, 0.2) is 0 Å². The first kappa shape index (κ1) is 23.6. The second kappa shape index (κ2) is 12.1. The fourth-order valence-electron chi connectivity index (χ4n) is 3.42. The van der Waals surface area contributed by atoms with E-state index in [4.69, 9.17) is 5.73 Å². The van der Waals surface area contributed by atoms with Crippen molar-refractivity contribution in [2.45, 2.75) is 90.4 Å². The lowest BCUT2D eigenvalue weighted by molar-refractivity contribution is -0.139. The zero-order valence-corrected chi connectivity index (χ0v) is 17.4. The van der Waals surface area contributed by atoms with E-state index in [1.165, 1.54) is 0 Å². The number of rotatable bonds is 12. The van der Waals surface area contributed by atoms with Gasteiger partial charge in [-0.15, -0.1) is 0 Å². The summed E-state index contributed by atoms with van der Waals surface area (Å²) in [6.45, 7) is 9.65. The maximum atomic E-state index is 13.0. The van der Waals surface area contributed by atoms with Crippen molar-refractivity contribution in [1.29, 1.82) is 0 Å². The Morgan fingerprint density at radius 1 is 1.22 bits per heavy atom. The second-order valence-electron chi connectivity index (χ2n) is 8.28. The quantitative estimate of drug-likeness (QED) is 0.347. The Hall–Kier alpha value is -1.47. The van der Waals surface area contributed by atoms with Crippen molar-refractivity contribution in [2.75, 3.05) is 13.1 Å². The molecule has 0 aromatic rings. The van der Waals surface area contributed by atoms with E-state index in [2.05, 4.69) is 24.5 Å². The third kappa shape index (κ3) is 8.39. The molecule has 1 saturated heterocycles. The van der Waals surface area contributed by atoms with Crippen LogP contribution in [0, 0.1) is 5.92 Å². The van der Waals surface area contributed by atoms with Crippen molar-refractivity contribution >= 4 is 18.1 Å². The Balaban J connectivity index is 2.68. The van der Waals surface area contributed by atoms with E-state index in [1.54, 1.807) is 4.90 Å². The minimum atomic E-state index is -0.622. The summed E-state index contributed by atoms with van der Waals surface area (Å²) in [6, 6.07) is -1.18. The Morgan fingerprint density at radius 3 is 2.52 bits per heavy atom. The highest BCUT2D eigenvalue weighted by Gasteiger charge is 2.34. The molecule has 156 valence electrons. The summed E-state index contributed by atoms with van der Waals surface area (Å²) in [4.78, 5) is 38.3. The highest BCUT2D eigenvalue weighted by molar-refractivity contribution is 5.91. The average Bonchev–Trinajstić information content (AvgIpc) is 3.07. The topological polar surface area (TPSA) is 105 Å². The molecule has 0 radical (unpaired) electrons. The molecule has 1 heterocycles. The van der Waals surface area contributed by atoms with E-state index < -0.39 is 12.1 Å². The van der Waals surface area contributed by atoms with Gasteiger partial charge in [0.1, 0.15) is 12.3 Å². The molecule has 1 fully saturated rings. The third-order valence-corrected chi connectivity index (χ3v) is 4.89. The highest BCUT2D eigenvalue weighted by atomic mass is 16.2. The maximum Gasteiger partial charge on any atom is 0.245 e. The van der Waals surface area contributed by atoms with E-state index in [0.717, 1.165) is 32.1 Å². The highest BCUT2D eigenvalue weighted by Crippen LogP contribution is 2.18. The number of nitrogens with zero attached hydrogens (tertiary/aromatic N) is 1. The summed E-state index contributed by atoms with van der Waals surface area (Å²) in [5.74, 6) is -0.143. The molecule has 0 bridgehead atoms. The fourth-order valence-corrected chi connectivity index (χ4v) is 3.42. The summed E-state index contributed by atoms with van der Waals surface area (Å²) in [5, 5.41) is 6.20. The van der Waals surface area contributed by atoms with Crippen molar-refractivity contribution in [1.82, 2.24) is 15.5 Å². The number of nitrogens with one attached hydrogen (secondary N) is 2. The fraction of sp³-hybridized carbons (Fsp3) is 0.850. The van der Waals surface area contributed by atoms with Crippen LogP contribution < -0.4 is 16.4 Å². The predicted molar refractivity (Wildman–Crippen MR) is 107 cm³/mol. The maximum absolute atomic E-state index is 13.0. The zero-order chi connectivity index (χ0) is 20.4. The first-order valence-electron chi connectivity index (χ1n) is 10.3. The zero-order valence-electron chi connectivity index (χ0n) is 17.4. The van der Waals surface area contributed by atoms with Gasteiger partial charge < -0.3 is 26.1 Å². The number of hydrogen-bond acceptors (Lipinski definition) is 5. The number of carbonyl (C=O) groups is 3. The smallest absolute Gasteiger partial charge is 0.245 e. The lowest BCUT2D eigenvalue weighted by Crippen LogP contribution is -2.53. The van der Waals surface area contributed by atoms with Crippen molar-refractivity contribution < 1.29 is 14.4 Å². The summed E-state index contributed by atoms with van der Waals surface area (Å²) in [6.07, 6.45) is 5.22. The van der Waals surface area contributed by atoms with Crippen molar-refractivity contribution in [2.24, 2.45) is 11.7 Å². The molecule has 3 atom stereocenters. The van der Waals surface area contributed by atoms with Crippen LogP contribution in [-0.4, -0.2) is 60.3 Å². The molecule has 0 aliphatic carbocycles. The molecule has 0 aromatic heterocycles. The number of nitrogens with two attached hydrogens (primary N) is 1. The molecule has 1 aliphatic heterocycles. The first-order chi connectivity index (χ1) is 12.8. The van der Waals surface area contributed by atoms with Gasteiger partial charge in [-0.05, 0) is 51.0 Å². The molecule has 0 spiro atoms. The summed E-state index contributed by atoms with van der Waals surface area (Å²) < 4.78 is 0. The average molecular weight is 383 g/mol. The number of likely N-dealkylation sites (tertiary alicyclic amines) is 1. The lowest BCUT2D eigenvalue weighted by Gasteiger charge is -2.28. The van der Waals surface area contributed by atoms with Crippen LogP contribution in [0.2, 0.25) is 0 Å². The number of hydrogen-bond donors (Lipinski definition) is 3. The van der Waals surface area contributed by atoms with Crippen LogP contribution in [-0.2, 0) is 14.4 Å². The Morgan fingerprint density at radius 2 is 1.93 bits per heavy atom. The molecular formula is C20H38N4O3. The minimum absolute atomic E-state index is 0.161. The van der Waals surface area contributed by atoms with Crippen molar-refractivity contribution in [3.8, 4) is 0 Å². The molecule has 0 unspecified atom stereocenters. The van der Waals surface area contributed by atoms with Gasteiger partial charge in [0.2, 0.25) is 11.8 Å². The van der Waals surface area contributed by atoms with Gasteiger partial charge in [0.15, 0.2) is 0 Å². The van der Waals surface area contributed by atoms with Crippen molar-refractivity contribution in [3.05, 3.63) is 0 Å². The van der Waals surface area contributed by atoms with Crippen LogP contribution in [0.1, 0.15) is 66.2 Å². The molecule has 27 heavy (non-hydrogen) atoms. The number of amides is 2. The van der Waals surface area contributed by atoms with E-state index >= 15 is 0 Å². The monoisotopic (exact) mass is 382 g/mol. The van der Waals surface area contributed by atoms with Gasteiger partial charge in [-0.2, -0.15) is 0 Å². The van der Waals surface area contributed by atoms with E-state index in [1.807, 2.05) is 13.8 Å². The van der Waals surface area contributed by atoms with Gasteiger partial charge in [0.05, 0.1) is 12.1 Å². The van der Waals surface area contributed by atoms with Crippen LogP contribution >= 0.6 is 0 Å². The Labute approximate surface area is 163 Å². The van der Waals surface area contributed by atoms with Gasteiger partial charge >= 0.3 is 0 Å². The summed E-state index contributed by atoms with van der Waals surface area (Å²) in [5.41, 5.74) is 5.98. The van der Waals surface area contributed by atoms with E-state index in [0.29, 0.717) is 37.8 Å². The van der Waals surface area contributed by atoms with Gasteiger partial charge in [-0.1, -0.05) is 27.7 Å². The predicted octanol–water partition coefficient (Wildman–Crippen LogP) is 1.20. The Kier molecular flexibility index (Phi) is 10.5. The molecule has 1 rings (SSSR count). The first-order valence-corrected chi connectivity index (χ1v) is 10.3. The minimum Gasteiger partial charge on any atom is -0.343 e. The molecule has 1 aliphatic rings. The van der Waals surface area contributed by atoms with E-state index in [-0.39, 0.29) is 17.9 Å². The largest absolute Gasteiger partial charge is 0.343 e. The van der Waals surface area contributed by atoms with Gasteiger partial charge in [-0.3, -0.25) is 9.59 Å². The molecule has 4 N–H and O–H groups in total. The summed E-state index contributed by atoms with van der Waals surface area (Å²) >= 11 is 0. The SMILES string of the molecule is CC(C)C[C@H](N)C(=O)N[C@@H](CCCCNC(C)C)C(=O)N1CCC[C@H]1C=O. The Bertz CT molecular complexity index is 482. The number of carbonyl (C=O) groups excluding carboxylic acids is 3. The lowest BCUT2D eigenvalue weighted by atomic mass is 10.0. The molecule has 0 aromatic carbocycles. The van der Waals surface area contributed by atoms with Crippen LogP contribution in [0.5, 0.6) is 0 Å². The van der Waals surface area contributed by atoms with Gasteiger partial charge in [0, 0.05) is 12.6 Å². The van der Waals surface area contributed by atoms with Crippen LogP contribution in [0.3, 0.4) is 0 Å². The number of aldehydes is 1. The standard InChI is InChI=1S/C20H38N4O3/c1-14(2)12-17(21)19(26)23-18(9-5-6-10-22-15(3)4)20(27)24-11-7-8-16(24)13-25/h13-18,22H,5-12,21H2,1-4H3,(H,23,26)/t16-,17-,18-/m0/s1. The van der Waals surface area contributed by atoms with Gasteiger partial charge in [0.25, 0.3) is 0 Å². The van der Waals surface area contributed by atoms with Crippen LogP contribution in [0.4, 0.5) is 0 Å². The second-order valence-corrected chi connectivity index (χ2v) is 8.28. The molecule has 7 heteroatoms. The molecule has 2 amide bonds. The normalized spacial score (nSPS) is 19.4. The summed E-state index contributed by atoms with van der Waals surface area (Å²) in [7, 11) is 0. The van der Waals surface area contributed by atoms with Gasteiger partial charge in [-0.25, -0.2) is 0 Å².